The zero-order chi connectivity index (χ0) is 12.7. The minimum absolute atomic E-state index is 0.504. The zero-order valence-electron chi connectivity index (χ0n) is 11.3. The van der Waals surface area contributed by atoms with E-state index in [1.807, 2.05) is 0 Å². The summed E-state index contributed by atoms with van der Waals surface area (Å²) in [5.41, 5.74) is 2.81. The number of nitrogens with zero attached hydrogens (tertiary/aromatic N) is 1. The van der Waals surface area contributed by atoms with Crippen LogP contribution in [0, 0.1) is 0 Å². The molecule has 19 heavy (non-hydrogen) atoms. The summed E-state index contributed by atoms with van der Waals surface area (Å²) in [7, 11) is 0. The number of ether oxygens (including phenoxy) is 1. The van der Waals surface area contributed by atoms with Gasteiger partial charge in [0.1, 0.15) is 0 Å². The Balaban J connectivity index is 1.47. The highest BCUT2D eigenvalue weighted by Gasteiger charge is 2.36. The summed E-state index contributed by atoms with van der Waals surface area (Å²) in [6, 6.07) is 9.41. The van der Waals surface area contributed by atoms with Gasteiger partial charge in [0.05, 0.1) is 12.2 Å². The standard InChI is InChI=1S/C16H22N2O/c1-2-4-16-12(3-1)5-6-13(9-17-16)18-10-14-7-8-15(11-18)19-14/h1-4,13-15,17H,5-11H2. The van der Waals surface area contributed by atoms with Gasteiger partial charge in [-0.15, -0.1) is 0 Å². The van der Waals surface area contributed by atoms with Crippen molar-refractivity contribution in [2.24, 2.45) is 0 Å². The number of likely N-dealkylation sites (tertiary alicyclic amines) is 1. The van der Waals surface area contributed by atoms with Crippen molar-refractivity contribution in [3.63, 3.8) is 0 Å². The highest BCUT2D eigenvalue weighted by molar-refractivity contribution is 5.52. The van der Waals surface area contributed by atoms with Crippen molar-refractivity contribution >= 4 is 5.69 Å². The SMILES string of the molecule is c1ccc2c(c1)CCC(N1CC3CCC(C1)O3)CN2. The fraction of sp³-hybridized carbons (Fsp3) is 0.625. The average Bonchev–Trinajstić information content (AvgIpc) is 2.67. The summed E-state index contributed by atoms with van der Waals surface area (Å²) in [6.45, 7) is 3.36. The van der Waals surface area contributed by atoms with E-state index in [0.717, 1.165) is 19.6 Å². The highest BCUT2D eigenvalue weighted by atomic mass is 16.5. The van der Waals surface area contributed by atoms with Crippen LogP contribution in [0.25, 0.3) is 0 Å². The van der Waals surface area contributed by atoms with Crippen LogP contribution in [0.15, 0.2) is 24.3 Å². The molecule has 3 aliphatic heterocycles. The van der Waals surface area contributed by atoms with E-state index < -0.39 is 0 Å². The van der Waals surface area contributed by atoms with Crippen molar-refractivity contribution in [2.45, 2.75) is 43.9 Å². The second-order valence-corrected chi connectivity index (χ2v) is 6.14. The molecule has 1 aromatic rings. The molecule has 3 aliphatic rings. The van der Waals surface area contributed by atoms with Gasteiger partial charge in [-0.3, -0.25) is 4.90 Å². The number of benzene rings is 1. The molecule has 2 saturated heterocycles. The molecule has 3 unspecified atom stereocenters. The molecule has 3 atom stereocenters. The van der Waals surface area contributed by atoms with Gasteiger partial charge < -0.3 is 10.1 Å². The van der Waals surface area contributed by atoms with E-state index in [-0.39, 0.29) is 0 Å². The van der Waals surface area contributed by atoms with Crippen LogP contribution in [-0.4, -0.2) is 42.8 Å². The van der Waals surface area contributed by atoms with E-state index in [1.54, 1.807) is 0 Å². The maximum atomic E-state index is 5.95. The topological polar surface area (TPSA) is 24.5 Å². The van der Waals surface area contributed by atoms with E-state index >= 15 is 0 Å². The Kier molecular flexibility index (Phi) is 2.97. The Bertz CT molecular complexity index is 423. The smallest absolute Gasteiger partial charge is 0.0707 e. The lowest BCUT2D eigenvalue weighted by atomic mass is 10.0. The first-order valence-corrected chi connectivity index (χ1v) is 7.60. The van der Waals surface area contributed by atoms with Crippen LogP contribution in [0.4, 0.5) is 5.69 Å². The third-order valence-corrected chi connectivity index (χ3v) is 4.88. The predicted octanol–water partition coefficient (Wildman–Crippen LogP) is 2.28. The van der Waals surface area contributed by atoms with E-state index in [1.165, 1.54) is 36.9 Å². The first-order valence-electron chi connectivity index (χ1n) is 7.60. The number of nitrogens with one attached hydrogen (secondary N) is 1. The first kappa shape index (κ1) is 11.7. The van der Waals surface area contributed by atoms with Crippen LogP contribution in [0.2, 0.25) is 0 Å². The molecule has 0 saturated carbocycles. The van der Waals surface area contributed by atoms with Gasteiger partial charge in [0.15, 0.2) is 0 Å². The number of para-hydroxylation sites is 1. The molecule has 0 amide bonds. The summed E-state index contributed by atoms with van der Waals surface area (Å²) in [6.07, 6.45) is 6.00. The van der Waals surface area contributed by atoms with Crippen molar-refractivity contribution < 1.29 is 4.74 Å². The number of anilines is 1. The van der Waals surface area contributed by atoms with E-state index in [0.29, 0.717) is 18.2 Å². The zero-order valence-corrected chi connectivity index (χ0v) is 11.3. The minimum Gasteiger partial charge on any atom is -0.383 e. The summed E-state index contributed by atoms with van der Waals surface area (Å²) >= 11 is 0. The molecular weight excluding hydrogens is 236 g/mol. The molecule has 1 aromatic carbocycles. The number of aryl methyl sites for hydroxylation is 1. The third kappa shape index (κ3) is 2.26. The van der Waals surface area contributed by atoms with Crippen molar-refractivity contribution in [1.82, 2.24) is 4.90 Å². The first-order chi connectivity index (χ1) is 9.38. The van der Waals surface area contributed by atoms with E-state index in [4.69, 9.17) is 4.74 Å². The van der Waals surface area contributed by atoms with Crippen LogP contribution in [0.5, 0.6) is 0 Å². The molecule has 2 bridgehead atoms. The van der Waals surface area contributed by atoms with Crippen LogP contribution in [0.3, 0.4) is 0 Å². The lowest BCUT2D eigenvalue weighted by molar-refractivity contribution is -0.0517. The molecular formula is C16H22N2O. The van der Waals surface area contributed by atoms with E-state index in [2.05, 4.69) is 34.5 Å². The van der Waals surface area contributed by atoms with Gasteiger partial charge in [-0.05, 0) is 37.3 Å². The predicted molar refractivity (Wildman–Crippen MR) is 76.5 cm³/mol. The quantitative estimate of drug-likeness (QED) is 0.836. The number of fused-ring (bicyclic) bond motifs is 3. The molecule has 0 aromatic heterocycles. The van der Waals surface area contributed by atoms with Crippen molar-refractivity contribution in [3.8, 4) is 0 Å². The maximum absolute atomic E-state index is 5.95. The molecule has 102 valence electrons. The number of rotatable bonds is 1. The Hall–Kier alpha value is -1.06. The molecule has 3 heterocycles. The lowest BCUT2D eigenvalue weighted by Crippen LogP contribution is -2.50. The summed E-state index contributed by atoms with van der Waals surface area (Å²) < 4.78 is 5.95. The largest absolute Gasteiger partial charge is 0.383 e. The lowest BCUT2D eigenvalue weighted by Gasteiger charge is -2.37. The molecule has 0 radical (unpaired) electrons. The Labute approximate surface area is 114 Å². The molecule has 4 rings (SSSR count). The fourth-order valence-corrected chi connectivity index (χ4v) is 3.82. The molecule has 2 fully saturated rings. The van der Waals surface area contributed by atoms with Crippen molar-refractivity contribution in [2.75, 3.05) is 25.0 Å². The number of morpholine rings is 1. The van der Waals surface area contributed by atoms with Crippen LogP contribution < -0.4 is 5.32 Å². The van der Waals surface area contributed by atoms with Crippen molar-refractivity contribution in [1.29, 1.82) is 0 Å². The van der Waals surface area contributed by atoms with E-state index in [9.17, 15) is 0 Å². The summed E-state index contributed by atoms with van der Waals surface area (Å²) in [4.78, 5) is 2.67. The highest BCUT2D eigenvalue weighted by Crippen LogP contribution is 2.30. The molecule has 3 nitrogen and oxygen atoms in total. The fourth-order valence-electron chi connectivity index (χ4n) is 3.82. The molecule has 3 heteroatoms. The number of hydrogen-bond acceptors (Lipinski definition) is 3. The summed E-state index contributed by atoms with van der Waals surface area (Å²) in [5.74, 6) is 0. The molecule has 1 N–H and O–H groups in total. The van der Waals surface area contributed by atoms with Gasteiger partial charge in [0, 0.05) is 31.4 Å². The average molecular weight is 258 g/mol. The normalized spacial score (nSPS) is 34.4. The van der Waals surface area contributed by atoms with Crippen LogP contribution in [0.1, 0.15) is 24.8 Å². The minimum atomic E-state index is 0.504. The number of hydrogen-bond donors (Lipinski definition) is 1. The van der Waals surface area contributed by atoms with Crippen molar-refractivity contribution in [3.05, 3.63) is 29.8 Å². The van der Waals surface area contributed by atoms with Gasteiger partial charge in [0.25, 0.3) is 0 Å². The van der Waals surface area contributed by atoms with Gasteiger partial charge in [-0.25, -0.2) is 0 Å². The van der Waals surface area contributed by atoms with Crippen LogP contribution >= 0.6 is 0 Å². The van der Waals surface area contributed by atoms with Gasteiger partial charge in [-0.1, -0.05) is 18.2 Å². The Morgan fingerprint density at radius 2 is 1.84 bits per heavy atom. The van der Waals surface area contributed by atoms with Gasteiger partial charge in [0.2, 0.25) is 0 Å². The second kappa shape index (κ2) is 4.80. The van der Waals surface area contributed by atoms with Gasteiger partial charge in [-0.2, -0.15) is 0 Å². The Morgan fingerprint density at radius 1 is 1.05 bits per heavy atom. The molecule has 0 aliphatic carbocycles. The summed E-state index contributed by atoms with van der Waals surface area (Å²) in [5, 5.41) is 3.64. The Morgan fingerprint density at radius 3 is 2.68 bits per heavy atom. The monoisotopic (exact) mass is 258 g/mol. The third-order valence-electron chi connectivity index (χ3n) is 4.88. The second-order valence-electron chi connectivity index (χ2n) is 6.14. The molecule has 0 spiro atoms. The van der Waals surface area contributed by atoms with Gasteiger partial charge >= 0.3 is 0 Å². The van der Waals surface area contributed by atoms with Crippen LogP contribution in [-0.2, 0) is 11.2 Å². The maximum Gasteiger partial charge on any atom is 0.0707 e.